The third-order valence-corrected chi connectivity index (χ3v) is 4.35. The number of halogens is 3. The zero-order valence-corrected chi connectivity index (χ0v) is 14.9. The second-order valence-corrected chi connectivity index (χ2v) is 6.39. The first kappa shape index (κ1) is 17.2. The molecular weight excluding hydrogens is 369 g/mol. The first-order chi connectivity index (χ1) is 11.6. The van der Waals surface area contributed by atoms with Gasteiger partial charge in [0.05, 0.1) is 17.1 Å². The Morgan fingerprint density at radius 1 is 0.958 bits per heavy atom. The Morgan fingerprint density at radius 2 is 1.79 bits per heavy atom. The van der Waals surface area contributed by atoms with Crippen molar-refractivity contribution in [3.8, 4) is 11.5 Å². The molecule has 0 atom stereocenters. The van der Waals surface area contributed by atoms with Crippen LogP contribution in [0.5, 0.6) is 0 Å². The summed E-state index contributed by atoms with van der Waals surface area (Å²) in [5.74, 6) is 0.922. The van der Waals surface area contributed by atoms with Crippen molar-refractivity contribution < 1.29 is 4.42 Å². The predicted octanol–water partition coefficient (Wildman–Crippen LogP) is 5.03. The molecule has 24 heavy (non-hydrogen) atoms. The van der Waals surface area contributed by atoms with Crippen molar-refractivity contribution in [3.63, 3.8) is 0 Å². The van der Waals surface area contributed by atoms with Crippen molar-refractivity contribution in [2.24, 2.45) is 0 Å². The van der Waals surface area contributed by atoms with Crippen LogP contribution in [0, 0.1) is 0 Å². The molecule has 3 aromatic rings. The van der Waals surface area contributed by atoms with Gasteiger partial charge in [0.15, 0.2) is 0 Å². The normalized spacial score (nSPS) is 11.0. The SMILES string of the molecule is Clc1ccc(CCNCc2nnc(-c3ccccc3Cl)o2)c(Cl)c1. The minimum Gasteiger partial charge on any atom is -0.419 e. The summed E-state index contributed by atoms with van der Waals surface area (Å²) in [5, 5.41) is 13.2. The Labute approximate surface area is 154 Å². The summed E-state index contributed by atoms with van der Waals surface area (Å²) in [6.45, 7) is 1.20. The minimum atomic E-state index is 0.415. The fourth-order valence-electron chi connectivity index (χ4n) is 2.21. The fourth-order valence-corrected chi connectivity index (χ4v) is 2.93. The molecule has 0 aliphatic heterocycles. The number of rotatable bonds is 6. The van der Waals surface area contributed by atoms with Gasteiger partial charge in [-0.25, -0.2) is 0 Å². The lowest BCUT2D eigenvalue weighted by molar-refractivity contribution is 0.478. The molecule has 4 nitrogen and oxygen atoms in total. The van der Waals surface area contributed by atoms with Crippen LogP contribution >= 0.6 is 34.8 Å². The number of hydrogen-bond acceptors (Lipinski definition) is 4. The molecule has 7 heteroatoms. The van der Waals surface area contributed by atoms with Crippen LogP contribution in [-0.2, 0) is 13.0 Å². The van der Waals surface area contributed by atoms with Gasteiger partial charge in [0, 0.05) is 10.0 Å². The molecule has 0 aliphatic carbocycles. The smallest absolute Gasteiger partial charge is 0.249 e. The van der Waals surface area contributed by atoms with Crippen molar-refractivity contribution in [2.45, 2.75) is 13.0 Å². The third kappa shape index (κ3) is 4.28. The molecule has 0 bridgehead atoms. The van der Waals surface area contributed by atoms with Gasteiger partial charge >= 0.3 is 0 Å². The van der Waals surface area contributed by atoms with E-state index in [1.54, 1.807) is 12.1 Å². The van der Waals surface area contributed by atoms with Crippen molar-refractivity contribution in [1.29, 1.82) is 0 Å². The summed E-state index contributed by atoms with van der Waals surface area (Å²) >= 11 is 18.2. The molecule has 0 spiro atoms. The van der Waals surface area contributed by atoms with E-state index in [2.05, 4.69) is 15.5 Å². The van der Waals surface area contributed by atoms with Crippen LogP contribution in [0.25, 0.3) is 11.5 Å². The average Bonchev–Trinajstić information content (AvgIpc) is 3.02. The topological polar surface area (TPSA) is 51.0 Å². The molecule has 2 aromatic carbocycles. The molecule has 0 saturated carbocycles. The summed E-state index contributed by atoms with van der Waals surface area (Å²) < 4.78 is 5.63. The number of nitrogens with zero attached hydrogens (tertiary/aromatic N) is 2. The lowest BCUT2D eigenvalue weighted by atomic mass is 10.1. The van der Waals surface area contributed by atoms with E-state index in [-0.39, 0.29) is 0 Å². The van der Waals surface area contributed by atoms with Crippen LogP contribution in [-0.4, -0.2) is 16.7 Å². The first-order valence-corrected chi connectivity index (χ1v) is 8.49. The highest BCUT2D eigenvalue weighted by atomic mass is 35.5. The average molecular weight is 383 g/mol. The molecule has 0 aliphatic rings. The van der Waals surface area contributed by atoms with Crippen LogP contribution in [0.15, 0.2) is 46.9 Å². The number of benzene rings is 2. The second-order valence-electron chi connectivity index (χ2n) is 5.14. The van der Waals surface area contributed by atoms with Crippen LogP contribution in [0.2, 0.25) is 15.1 Å². The third-order valence-electron chi connectivity index (χ3n) is 3.43. The van der Waals surface area contributed by atoms with E-state index in [1.165, 1.54) is 0 Å². The number of aromatic nitrogens is 2. The van der Waals surface area contributed by atoms with Gasteiger partial charge in [-0.05, 0) is 42.8 Å². The summed E-state index contributed by atoms with van der Waals surface area (Å²) in [6, 6.07) is 12.9. The van der Waals surface area contributed by atoms with Gasteiger partial charge in [0.2, 0.25) is 11.8 Å². The van der Waals surface area contributed by atoms with E-state index in [0.717, 1.165) is 24.1 Å². The minimum absolute atomic E-state index is 0.415. The highest BCUT2D eigenvalue weighted by molar-refractivity contribution is 6.35. The maximum Gasteiger partial charge on any atom is 0.249 e. The van der Waals surface area contributed by atoms with Crippen LogP contribution in [0.1, 0.15) is 11.5 Å². The monoisotopic (exact) mass is 381 g/mol. The Bertz CT molecular complexity index is 835. The molecule has 0 radical (unpaired) electrons. The zero-order valence-electron chi connectivity index (χ0n) is 12.6. The molecule has 0 fully saturated rings. The quantitative estimate of drug-likeness (QED) is 0.608. The van der Waals surface area contributed by atoms with Gasteiger partial charge in [-0.3, -0.25) is 0 Å². The number of nitrogens with one attached hydrogen (secondary N) is 1. The lowest BCUT2D eigenvalue weighted by Crippen LogP contribution is -2.17. The molecule has 1 aromatic heterocycles. The van der Waals surface area contributed by atoms with Crippen molar-refractivity contribution in [3.05, 3.63) is 69.0 Å². The molecule has 1 heterocycles. The maximum absolute atomic E-state index is 6.15. The second kappa shape index (κ2) is 7.99. The maximum atomic E-state index is 6.15. The van der Waals surface area contributed by atoms with E-state index < -0.39 is 0 Å². The van der Waals surface area contributed by atoms with E-state index >= 15 is 0 Å². The molecule has 0 amide bonds. The molecule has 3 rings (SSSR count). The predicted molar refractivity (Wildman–Crippen MR) is 96.6 cm³/mol. The fraction of sp³-hybridized carbons (Fsp3) is 0.176. The highest BCUT2D eigenvalue weighted by Gasteiger charge is 2.11. The largest absolute Gasteiger partial charge is 0.419 e. The first-order valence-electron chi connectivity index (χ1n) is 7.35. The Hall–Kier alpha value is -1.59. The summed E-state index contributed by atoms with van der Waals surface area (Å²) in [7, 11) is 0. The van der Waals surface area contributed by atoms with Crippen LogP contribution in [0.3, 0.4) is 0 Å². The molecular formula is C17H14Cl3N3O. The van der Waals surface area contributed by atoms with Gasteiger partial charge in [0.1, 0.15) is 0 Å². The Balaban J connectivity index is 1.54. The van der Waals surface area contributed by atoms with E-state index in [1.807, 2.05) is 30.3 Å². The Kier molecular flexibility index (Phi) is 5.74. The van der Waals surface area contributed by atoms with Crippen molar-refractivity contribution >= 4 is 34.8 Å². The zero-order chi connectivity index (χ0) is 16.9. The molecule has 0 unspecified atom stereocenters. The van der Waals surface area contributed by atoms with Crippen LogP contribution < -0.4 is 5.32 Å². The summed E-state index contributed by atoms with van der Waals surface area (Å²) in [5.41, 5.74) is 1.77. The van der Waals surface area contributed by atoms with E-state index in [9.17, 15) is 0 Å². The van der Waals surface area contributed by atoms with Gasteiger partial charge in [0.25, 0.3) is 0 Å². The van der Waals surface area contributed by atoms with Crippen molar-refractivity contribution in [1.82, 2.24) is 15.5 Å². The summed E-state index contributed by atoms with van der Waals surface area (Å²) in [6.07, 6.45) is 0.779. The molecule has 1 N–H and O–H groups in total. The van der Waals surface area contributed by atoms with E-state index in [4.69, 9.17) is 39.2 Å². The van der Waals surface area contributed by atoms with Gasteiger partial charge in [-0.1, -0.05) is 53.0 Å². The molecule has 124 valence electrons. The standard InChI is InChI=1S/C17H14Cl3N3O/c18-12-6-5-11(15(20)9-12)7-8-21-10-16-22-23-17(24-16)13-3-1-2-4-14(13)19/h1-6,9,21H,7-8,10H2. The Morgan fingerprint density at radius 3 is 2.58 bits per heavy atom. The van der Waals surface area contributed by atoms with Crippen molar-refractivity contribution in [2.75, 3.05) is 6.54 Å². The lowest BCUT2D eigenvalue weighted by Gasteiger charge is -2.05. The van der Waals surface area contributed by atoms with E-state index in [0.29, 0.717) is 33.4 Å². The van der Waals surface area contributed by atoms with Crippen LogP contribution in [0.4, 0.5) is 0 Å². The molecule has 0 saturated heterocycles. The highest BCUT2D eigenvalue weighted by Crippen LogP contribution is 2.26. The van der Waals surface area contributed by atoms with Gasteiger partial charge in [-0.15, -0.1) is 10.2 Å². The number of hydrogen-bond donors (Lipinski definition) is 1. The summed E-state index contributed by atoms with van der Waals surface area (Å²) in [4.78, 5) is 0. The van der Waals surface area contributed by atoms with Gasteiger partial charge < -0.3 is 9.73 Å². The van der Waals surface area contributed by atoms with Gasteiger partial charge in [-0.2, -0.15) is 0 Å².